The van der Waals surface area contributed by atoms with Gasteiger partial charge in [0, 0.05) is 28.8 Å². The van der Waals surface area contributed by atoms with E-state index in [1.165, 1.54) is 23.9 Å². The molecule has 0 spiro atoms. The summed E-state index contributed by atoms with van der Waals surface area (Å²) in [6, 6.07) is 17.5. The van der Waals surface area contributed by atoms with Crippen LogP contribution in [0.1, 0.15) is 11.3 Å². The van der Waals surface area contributed by atoms with Crippen molar-refractivity contribution in [3.8, 4) is 22.9 Å². The van der Waals surface area contributed by atoms with E-state index in [0.29, 0.717) is 28.9 Å². The zero-order valence-corrected chi connectivity index (χ0v) is 18.4. The molecule has 0 aliphatic rings. The minimum atomic E-state index is -0.473. The van der Waals surface area contributed by atoms with Crippen LogP contribution in [0.4, 0.5) is 0 Å². The van der Waals surface area contributed by atoms with Crippen LogP contribution in [0, 0.1) is 0 Å². The molecule has 0 bridgehead atoms. The van der Waals surface area contributed by atoms with Gasteiger partial charge in [0.2, 0.25) is 0 Å². The summed E-state index contributed by atoms with van der Waals surface area (Å²) in [5, 5.41) is 20.0. The first kappa shape index (κ1) is 20.9. The van der Waals surface area contributed by atoms with Gasteiger partial charge in [-0.05, 0) is 54.1 Å². The van der Waals surface area contributed by atoms with Gasteiger partial charge in [-0.25, -0.2) is 4.79 Å². The van der Waals surface area contributed by atoms with Crippen LogP contribution < -0.4 is 10.4 Å². The smallest absolute Gasteiger partial charge is 0.336 e. The number of ether oxygens (including phenoxy) is 1. The van der Waals surface area contributed by atoms with E-state index < -0.39 is 5.63 Å². The predicted molar refractivity (Wildman–Crippen MR) is 124 cm³/mol. The highest BCUT2D eigenvalue weighted by atomic mass is 32.2. The first-order valence-corrected chi connectivity index (χ1v) is 11.1. The molecule has 0 aliphatic carbocycles. The van der Waals surface area contributed by atoms with Crippen molar-refractivity contribution in [3.63, 3.8) is 0 Å². The van der Waals surface area contributed by atoms with E-state index in [4.69, 9.17) is 13.6 Å². The molecule has 5 aromatic rings. The van der Waals surface area contributed by atoms with E-state index in [9.17, 15) is 9.90 Å². The van der Waals surface area contributed by atoms with Crippen LogP contribution in [0.2, 0.25) is 0 Å². The number of furan rings is 1. The Kier molecular flexibility index (Phi) is 5.62. The molecule has 5 rings (SSSR count). The molecule has 1 N–H and O–H groups in total. The molecule has 33 heavy (non-hydrogen) atoms. The number of thioether (sulfide) groups is 1. The molecular formula is C24H19N3O5S. The molecule has 166 valence electrons. The van der Waals surface area contributed by atoms with Crippen molar-refractivity contribution in [2.75, 3.05) is 7.11 Å². The monoisotopic (exact) mass is 461 g/mol. The fourth-order valence-electron chi connectivity index (χ4n) is 3.53. The summed E-state index contributed by atoms with van der Waals surface area (Å²) in [5.41, 5.74) is 1.54. The molecule has 0 radical (unpaired) electrons. The van der Waals surface area contributed by atoms with Gasteiger partial charge < -0.3 is 18.7 Å². The van der Waals surface area contributed by atoms with Crippen LogP contribution in [0.3, 0.4) is 0 Å². The number of phenolic OH excluding ortho intramolecular Hbond substituents is 1. The average molecular weight is 461 g/mol. The summed E-state index contributed by atoms with van der Waals surface area (Å²) in [6.07, 6.45) is 1.63. The summed E-state index contributed by atoms with van der Waals surface area (Å²) < 4.78 is 18.0. The van der Waals surface area contributed by atoms with Gasteiger partial charge >= 0.3 is 5.63 Å². The van der Waals surface area contributed by atoms with E-state index in [1.807, 2.05) is 41.0 Å². The van der Waals surface area contributed by atoms with Crippen LogP contribution >= 0.6 is 11.8 Å². The van der Waals surface area contributed by atoms with E-state index >= 15 is 0 Å². The number of nitrogens with zero attached hydrogens (tertiary/aromatic N) is 3. The van der Waals surface area contributed by atoms with Gasteiger partial charge in [-0.1, -0.05) is 11.8 Å². The van der Waals surface area contributed by atoms with Crippen LogP contribution in [0.5, 0.6) is 11.5 Å². The lowest BCUT2D eigenvalue weighted by molar-refractivity contribution is 0.415. The number of benzene rings is 2. The number of methoxy groups -OCH3 is 1. The molecule has 2 aromatic carbocycles. The molecule has 0 fully saturated rings. The molecule has 0 atom stereocenters. The highest BCUT2D eigenvalue weighted by molar-refractivity contribution is 7.98. The number of hydrogen-bond acceptors (Lipinski definition) is 8. The maximum atomic E-state index is 12.0. The third-order valence-corrected chi connectivity index (χ3v) is 6.15. The van der Waals surface area contributed by atoms with E-state index in [1.54, 1.807) is 25.5 Å². The van der Waals surface area contributed by atoms with Crippen molar-refractivity contribution in [1.29, 1.82) is 0 Å². The zero-order valence-electron chi connectivity index (χ0n) is 17.6. The molecule has 3 heterocycles. The summed E-state index contributed by atoms with van der Waals surface area (Å²) in [4.78, 5) is 12.0. The van der Waals surface area contributed by atoms with E-state index in [2.05, 4.69) is 10.2 Å². The van der Waals surface area contributed by atoms with Gasteiger partial charge in [0.1, 0.15) is 22.8 Å². The SMILES string of the molecule is COc1ccc(-c2nnc(SCc3cc(=O)oc4cc(O)ccc34)n2Cc2ccco2)cc1. The van der Waals surface area contributed by atoms with Crippen LogP contribution in [0.25, 0.3) is 22.4 Å². The molecule has 0 amide bonds. The molecule has 0 unspecified atom stereocenters. The van der Waals surface area contributed by atoms with Gasteiger partial charge in [-0.3, -0.25) is 4.57 Å². The zero-order chi connectivity index (χ0) is 22.8. The fourth-order valence-corrected chi connectivity index (χ4v) is 4.46. The van der Waals surface area contributed by atoms with Crippen molar-refractivity contribution in [3.05, 3.63) is 88.7 Å². The van der Waals surface area contributed by atoms with Crippen molar-refractivity contribution in [1.82, 2.24) is 14.8 Å². The molecule has 0 saturated heterocycles. The molecule has 3 aromatic heterocycles. The predicted octanol–water partition coefficient (Wildman–Crippen LogP) is 4.70. The second-order valence-corrected chi connectivity index (χ2v) is 8.20. The van der Waals surface area contributed by atoms with Crippen molar-refractivity contribution < 1.29 is 18.7 Å². The van der Waals surface area contributed by atoms with Gasteiger partial charge in [0.15, 0.2) is 11.0 Å². The maximum Gasteiger partial charge on any atom is 0.336 e. The normalized spacial score (nSPS) is 11.2. The summed E-state index contributed by atoms with van der Waals surface area (Å²) in [5.74, 6) is 2.72. The van der Waals surface area contributed by atoms with E-state index in [-0.39, 0.29) is 5.75 Å². The van der Waals surface area contributed by atoms with Gasteiger partial charge in [-0.15, -0.1) is 10.2 Å². The Hall–Kier alpha value is -3.98. The van der Waals surface area contributed by atoms with Crippen LogP contribution in [-0.2, 0) is 12.3 Å². The standard InChI is InChI=1S/C24H19N3O5S/c1-30-18-7-4-15(5-8-18)23-25-26-24(27(23)13-19-3-2-10-31-19)33-14-16-11-22(29)32-21-12-17(28)6-9-20(16)21/h2-12,28H,13-14H2,1H3. The Morgan fingerprint density at radius 1 is 1.09 bits per heavy atom. The summed E-state index contributed by atoms with van der Waals surface area (Å²) in [6.45, 7) is 0.454. The Morgan fingerprint density at radius 3 is 2.70 bits per heavy atom. The van der Waals surface area contributed by atoms with Crippen LogP contribution in [0.15, 0.2) is 85.7 Å². The Bertz CT molecular complexity index is 1460. The topological polar surface area (TPSA) is 104 Å². The number of aromatic nitrogens is 3. The quantitative estimate of drug-likeness (QED) is 0.275. The van der Waals surface area contributed by atoms with Crippen molar-refractivity contribution in [2.24, 2.45) is 0 Å². The first-order chi connectivity index (χ1) is 16.1. The minimum Gasteiger partial charge on any atom is -0.508 e. The Morgan fingerprint density at radius 2 is 1.94 bits per heavy atom. The second-order valence-electron chi connectivity index (χ2n) is 7.26. The average Bonchev–Trinajstić information content (AvgIpc) is 3.47. The highest BCUT2D eigenvalue weighted by Gasteiger charge is 2.17. The lowest BCUT2D eigenvalue weighted by Crippen LogP contribution is -2.04. The lowest BCUT2D eigenvalue weighted by atomic mass is 10.1. The first-order valence-electron chi connectivity index (χ1n) is 10.1. The van der Waals surface area contributed by atoms with E-state index in [0.717, 1.165) is 28.0 Å². The summed E-state index contributed by atoms with van der Waals surface area (Å²) in [7, 11) is 1.62. The van der Waals surface area contributed by atoms with Crippen molar-refractivity contribution in [2.45, 2.75) is 17.5 Å². The lowest BCUT2D eigenvalue weighted by Gasteiger charge is -2.10. The third kappa shape index (κ3) is 4.35. The van der Waals surface area contributed by atoms with Crippen LogP contribution in [-0.4, -0.2) is 27.0 Å². The number of hydrogen-bond donors (Lipinski definition) is 1. The second kappa shape index (κ2) is 8.87. The maximum absolute atomic E-state index is 12.0. The molecule has 0 saturated carbocycles. The Labute approximate surface area is 192 Å². The Balaban J connectivity index is 1.50. The van der Waals surface area contributed by atoms with Gasteiger partial charge in [0.25, 0.3) is 0 Å². The third-order valence-electron chi connectivity index (χ3n) is 5.13. The molecule has 0 aliphatic heterocycles. The molecule has 8 nitrogen and oxygen atoms in total. The van der Waals surface area contributed by atoms with Gasteiger partial charge in [0.05, 0.1) is 19.9 Å². The largest absolute Gasteiger partial charge is 0.508 e. The number of aromatic hydroxyl groups is 1. The molecule has 9 heteroatoms. The van der Waals surface area contributed by atoms with Crippen molar-refractivity contribution >= 4 is 22.7 Å². The number of phenols is 1. The highest BCUT2D eigenvalue weighted by Crippen LogP contribution is 2.30. The summed E-state index contributed by atoms with van der Waals surface area (Å²) >= 11 is 1.45. The fraction of sp³-hybridized carbons (Fsp3) is 0.125. The number of rotatable bonds is 7. The minimum absolute atomic E-state index is 0.0396. The molecular weight excluding hydrogens is 442 g/mol. The van der Waals surface area contributed by atoms with Gasteiger partial charge in [-0.2, -0.15) is 0 Å². The number of fused-ring (bicyclic) bond motifs is 1.